The molecule has 4 aliphatic rings. The highest BCUT2D eigenvalue weighted by Gasteiger charge is 2.73. The Morgan fingerprint density at radius 1 is 0.848 bits per heavy atom. The number of nitrogens with zero attached hydrogens (tertiary/aromatic N) is 1. The fraction of sp³-hybridized carbons (Fsp3) is 0.240. The van der Waals surface area contributed by atoms with E-state index in [2.05, 4.69) is 5.32 Å². The smallest absolute Gasteiger partial charge is 0.240 e. The number of furan rings is 1. The molecule has 2 atom stereocenters. The van der Waals surface area contributed by atoms with Gasteiger partial charge in [0.1, 0.15) is 22.1 Å². The first-order chi connectivity index (χ1) is 15.9. The Morgan fingerprint density at radius 2 is 1.33 bits per heavy atom. The quantitative estimate of drug-likeness (QED) is 0.457. The van der Waals surface area contributed by atoms with Crippen molar-refractivity contribution in [1.82, 2.24) is 10.2 Å². The third-order valence-corrected chi connectivity index (χ3v) is 8.30. The second-order valence-corrected chi connectivity index (χ2v) is 9.78. The van der Waals surface area contributed by atoms with Crippen LogP contribution in [0.4, 0.5) is 0 Å². The van der Waals surface area contributed by atoms with Gasteiger partial charge in [-0.25, -0.2) is 0 Å². The number of carbonyl (C=O) groups excluding carboxylic acids is 3. The summed E-state index contributed by atoms with van der Waals surface area (Å²) in [7, 11) is 0. The molecule has 7 rings (SSSR count). The van der Waals surface area contributed by atoms with Gasteiger partial charge in [0.15, 0.2) is 0 Å². The third kappa shape index (κ3) is 2.53. The van der Waals surface area contributed by atoms with Crippen molar-refractivity contribution in [3.05, 3.63) is 94.9 Å². The molecule has 3 aromatic rings. The molecule has 0 radical (unpaired) electrons. The molecule has 1 saturated heterocycles. The zero-order chi connectivity index (χ0) is 23.0. The van der Waals surface area contributed by atoms with Crippen LogP contribution in [0.15, 0.2) is 71.3 Å². The lowest BCUT2D eigenvalue weighted by molar-refractivity contribution is -0.143. The molecule has 6 nitrogen and oxygen atoms in total. The van der Waals surface area contributed by atoms with E-state index in [1.165, 1.54) is 6.26 Å². The van der Waals surface area contributed by atoms with Crippen molar-refractivity contribution in [1.29, 1.82) is 0 Å². The van der Waals surface area contributed by atoms with Gasteiger partial charge >= 0.3 is 0 Å². The van der Waals surface area contributed by atoms with E-state index < -0.39 is 45.9 Å². The zero-order valence-electron chi connectivity index (χ0n) is 17.3. The summed E-state index contributed by atoms with van der Waals surface area (Å²) in [5.74, 6) is -2.69. The number of halogens is 2. The highest BCUT2D eigenvalue weighted by molar-refractivity contribution is 6.36. The van der Waals surface area contributed by atoms with Crippen LogP contribution in [0.25, 0.3) is 0 Å². The normalized spacial score (nSPS) is 29.0. The van der Waals surface area contributed by atoms with Gasteiger partial charge in [0.25, 0.3) is 0 Å². The molecule has 33 heavy (non-hydrogen) atoms. The minimum absolute atomic E-state index is 0.157. The number of carbonyl (C=O) groups is 3. The number of alkyl halides is 2. The topological polar surface area (TPSA) is 79.6 Å². The molecule has 1 N–H and O–H groups in total. The summed E-state index contributed by atoms with van der Waals surface area (Å²) < 4.78 is 5.21. The van der Waals surface area contributed by atoms with Crippen LogP contribution >= 0.6 is 23.2 Å². The monoisotopic (exact) mass is 480 g/mol. The summed E-state index contributed by atoms with van der Waals surface area (Å²) in [6.45, 7) is -0.247. The molecule has 1 aliphatic heterocycles. The predicted molar refractivity (Wildman–Crippen MR) is 120 cm³/mol. The van der Waals surface area contributed by atoms with Gasteiger partial charge < -0.3 is 9.73 Å². The highest BCUT2D eigenvalue weighted by Crippen LogP contribution is 2.69. The van der Waals surface area contributed by atoms with Gasteiger partial charge in [0, 0.05) is 0 Å². The minimum Gasteiger partial charge on any atom is -0.467 e. The Bertz CT molecular complexity index is 1200. The summed E-state index contributed by atoms with van der Waals surface area (Å²) >= 11 is 14.7. The Morgan fingerprint density at radius 3 is 1.76 bits per heavy atom. The Balaban J connectivity index is 1.41. The van der Waals surface area contributed by atoms with E-state index >= 15 is 0 Å². The lowest BCUT2D eigenvalue weighted by Crippen LogP contribution is -2.57. The van der Waals surface area contributed by atoms with Crippen molar-refractivity contribution in [2.45, 2.75) is 16.3 Å². The summed E-state index contributed by atoms with van der Waals surface area (Å²) in [6.07, 6.45) is 1.50. The molecule has 2 heterocycles. The standard InChI is InChI=1S/C25H18Cl2N2O4/c26-24-15-7-1-2-8-16(15)25(27,18-10-4-3-9-17(18)24)21-20(24)22(31)29(23(21)32)13-19(30)28-12-14-6-5-11-33-14/h1-11,20-21H,12-13H2,(H,28,30)/t20-,21-,24?,25?/m1/s1. The highest BCUT2D eigenvalue weighted by atomic mass is 35.5. The molecule has 3 amide bonds. The molecule has 2 aromatic carbocycles. The van der Waals surface area contributed by atoms with E-state index in [-0.39, 0.29) is 6.54 Å². The van der Waals surface area contributed by atoms with Gasteiger partial charge in [-0.2, -0.15) is 0 Å². The van der Waals surface area contributed by atoms with Gasteiger partial charge in [-0.1, -0.05) is 48.5 Å². The molecule has 0 unspecified atom stereocenters. The second-order valence-electron chi connectivity index (χ2n) is 8.59. The number of likely N-dealkylation sites (tertiary alicyclic amines) is 1. The number of nitrogens with one attached hydrogen (secondary N) is 1. The van der Waals surface area contributed by atoms with Crippen LogP contribution in [-0.2, 0) is 30.7 Å². The summed E-state index contributed by atoms with van der Waals surface area (Å²) in [4.78, 5) is 38.4. The number of benzene rings is 2. The molecule has 2 bridgehead atoms. The molecule has 0 saturated carbocycles. The van der Waals surface area contributed by atoms with Gasteiger partial charge in [-0.15, -0.1) is 23.2 Å². The number of rotatable bonds is 4. The predicted octanol–water partition coefficient (Wildman–Crippen LogP) is 3.49. The van der Waals surface area contributed by atoms with E-state index in [1.807, 2.05) is 48.5 Å². The summed E-state index contributed by atoms with van der Waals surface area (Å²) in [5.41, 5.74) is 2.91. The maximum atomic E-state index is 13.6. The number of hydrogen-bond donors (Lipinski definition) is 1. The molecule has 1 fully saturated rings. The first-order valence-corrected chi connectivity index (χ1v) is 11.4. The van der Waals surface area contributed by atoms with Crippen LogP contribution in [0.2, 0.25) is 0 Å². The number of imide groups is 1. The van der Waals surface area contributed by atoms with E-state index in [1.54, 1.807) is 12.1 Å². The maximum absolute atomic E-state index is 13.6. The van der Waals surface area contributed by atoms with Crippen molar-refractivity contribution in [2.24, 2.45) is 11.8 Å². The molecule has 1 aromatic heterocycles. The first-order valence-electron chi connectivity index (χ1n) is 10.6. The van der Waals surface area contributed by atoms with Gasteiger partial charge in [-0.3, -0.25) is 19.3 Å². The van der Waals surface area contributed by atoms with Crippen LogP contribution in [0.1, 0.15) is 28.0 Å². The van der Waals surface area contributed by atoms with Gasteiger partial charge in [0.05, 0.1) is 24.6 Å². The molecular weight excluding hydrogens is 463 g/mol. The Kier molecular flexibility index (Phi) is 4.32. The van der Waals surface area contributed by atoms with E-state index in [0.29, 0.717) is 5.76 Å². The summed E-state index contributed by atoms with van der Waals surface area (Å²) in [5, 5.41) is 2.68. The van der Waals surface area contributed by atoms with E-state index in [0.717, 1.165) is 27.2 Å². The van der Waals surface area contributed by atoms with Gasteiger partial charge in [0.2, 0.25) is 17.7 Å². The van der Waals surface area contributed by atoms with Crippen LogP contribution in [0.5, 0.6) is 0 Å². The first kappa shape index (κ1) is 20.5. The average Bonchev–Trinajstić information content (AvgIpc) is 3.44. The SMILES string of the molecule is O=C(CN1C(=O)[C@H]2[C@H](C1=O)C1(Cl)c3ccccc3C2(Cl)c2ccccc21)NCc1ccco1. The number of hydrogen-bond acceptors (Lipinski definition) is 4. The van der Waals surface area contributed by atoms with Crippen LogP contribution in [0, 0.1) is 11.8 Å². The van der Waals surface area contributed by atoms with Crippen molar-refractivity contribution in [2.75, 3.05) is 6.54 Å². The Hall–Kier alpha value is -3.09. The fourth-order valence-electron chi connectivity index (χ4n) is 5.68. The van der Waals surface area contributed by atoms with Crippen molar-refractivity contribution in [3.63, 3.8) is 0 Å². The lowest BCUT2D eigenvalue weighted by atomic mass is 9.54. The maximum Gasteiger partial charge on any atom is 0.240 e. The van der Waals surface area contributed by atoms with Crippen LogP contribution < -0.4 is 5.32 Å². The molecule has 8 heteroatoms. The van der Waals surface area contributed by atoms with Crippen molar-refractivity contribution in [3.8, 4) is 0 Å². The van der Waals surface area contributed by atoms with Crippen LogP contribution in [0.3, 0.4) is 0 Å². The number of amides is 3. The minimum atomic E-state index is -1.25. The Labute approximate surface area is 199 Å². The van der Waals surface area contributed by atoms with Crippen molar-refractivity contribution >= 4 is 40.9 Å². The molecular formula is C25H18Cl2N2O4. The second kappa shape index (κ2) is 6.95. The van der Waals surface area contributed by atoms with Crippen molar-refractivity contribution < 1.29 is 18.8 Å². The summed E-state index contributed by atoms with van der Waals surface area (Å²) in [6, 6.07) is 18.3. The van der Waals surface area contributed by atoms with Crippen LogP contribution in [-0.4, -0.2) is 29.2 Å². The molecule has 166 valence electrons. The molecule has 3 aliphatic carbocycles. The fourth-order valence-corrected chi connectivity index (χ4v) is 6.78. The van der Waals surface area contributed by atoms with E-state index in [4.69, 9.17) is 27.6 Å². The van der Waals surface area contributed by atoms with E-state index in [9.17, 15) is 14.4 Å². The average molecular weight is 481 g/mol. The lowest BCUT2D eigenvalue weighted by Gasteiger charge is -2.54. The molecule has 0 spiro atoms. The zero-order valence-corrected chi connectivity index (χ0v) is 18.8. The third-order valence-electron chi connectivity index (χ3n) is 7.02. The largest absolute Gasteiger partial charge is 0.467 e. The van der Waals surface area contributed by atoms with Gasteiger partial charge in [-0.05, 0) is 34.4 Å².